The zero-order valence-electron chi connectivity index (χ0n) is 17.0. The van der Waals surface area contributed by atoms with E-state index in [0.717, 1.165) is 24.0 Å². The first-order valence-electron chi connectivity index (χ1n) is 9.97. The number of carbonyl (C=O) groups excluding carboxylic acids is 1. The summed E-state index contributed by atoms with van der Waals surface area (Å²) in [6.07, 6.45) is 1.89. The van der Waals surface area contributed by atoms with E-state index in [1.165, 1.54) is 11.8 Å². The van der Waals surface area contributed by atoms with Gasteiger partial charge in [0, 0.05) is 17.2 Å². The van der Waals surface area contributed by atoms with Gasteiger partial charge in [0.1, 0.15) is 0 Å². The van der Waals surface area contributed by atoms with Gasteiger partial charge in [0.15, 0.2) is 10.9 Å². The van der Waals surface area contributed by atoms with Crippen molar-refractivity contribution in [3.8, 4) is 0 Å². The Kier molecular flexibility index (Phi) is 6.27. The van der Waals surface area contributed by atoms with Crippen molar-refractivity contribution in [2.75, 3.05) is 12.4 Å². The number of halogens is 1. The average molecular weight is 443 g/mol. The van der Waals surface area contributed by atoms with E-state index < -0.39 is 0 Å². The van der Waals surface area contributed by atoms with Gasteiger partial charge in [-0.3, -0.25) is 14.2 Å². The zero-order chi connectivity index (χ0) is 21.3. The van der Waals surface area contributed by atoms with Crippen molar-refractivity contribution in [1.82, 2.24) is 9.55 Å². The summed E-state index contributed by atoms with van der Waals surface area (Å²) >= 11 is 7.40. The van der Waals surface area contributed by atoms with Crippen molar-refractivity contribution >= 4 is 40.0 Å². The second-order valence-electron chi connectivity index (χ2n) is 7.64. The average Bonchev–Trinajstić information content (AvgIpc) is 3.23. The second kappa shape index (κ2) is 8.92. The Labute approximate surface area is 184 Å². The lowest BCUT2D eigenvalue weighted by Crippen LogP contribution is -2.29. The molecule has 4 rings (SSSR count). The van der Waals surface area contributed by atoms with E-state index in [2.05, 4.69) is 4.98 Å². The third kappa shape index (κ3) is 4.46. The number of ether oxygens (including phenoxy) is 1. The molecule has 156 valence electrons. The molecule has 0 bridgehead atoms. The number of nitrogens with zero attached hydrogens (tertiary/aromatic N) is 2. The van der Waals surface area contributed by atoms with Crippen molar-refractivity contribution in [2.45, 2.75) is 44.5 Å². The molecule has 2 aromatic carbocycles. The van der Waals surface area contributed by atoms with Gasteiger partial charge in [0.2, 0.25) is 0 Å². The van der Waals surface area contributed by atoms with Crippen molar-refractivity contribution in [2.24, 2.45) is 0 Å². The maximum atomic E-state index is 13.2. The Morgan fingerprint density at radius 1 is 1.27 bits per heavy atom. The molecule has 0 aliphatic carbocycles. The molecule has 0 amide bonds. The van der Waals surface area contributed by atoms with Gasteiger partial charge in [-0.1, -0.05) is 41.1 Å². The summed E-state index contributed by atoms with van der Waals surface area (Å²) in [5, 5.41) is 1.56. The van der Waals surface area contributed by atoms with Crippen LogP contribution in [0.3, 0.4) is 0 Å². The molecule has 2 heterocycles. The van der Waals surface area contributed by atoms with Crippen LogP contribution >= 0.6 is 23.4 Å². The number of fused-ring (bicyclic) bond motifs is 1. The lowest BCUT2D eigenvalue weighted by molar-refractivity contribution is 0.0937. The molecular formula is C23H23ClN2O3S. The van der Waals surface area contributed by atoms with Crippen LogP contribution in [-0.2, 0) is 11.3 Å². The van der Waals surface area contributed by atoms with Gasteiger partial charge in [-0.2, -0.15) is 0 Å². The summed E-state index contributed by atoms with van der Waals surface area (Å²) in [5.74, 6) is 0.222. The molecule has 30 heavy (non-hydrogen) atoms. The molecule has 1 atom stereocenters. The summed E-state index contributed by atoms with van der Waals surface area (Å²) < 4.78 is 7.38. The van der Waals surface area contributed by atoms with Gasteiger partial charge >= 0.3 is 0 Å². The largest absolute Gasteiger partial charge is 0.376 e. The maximum absolute atomic E-state index is 13.2. The van der Waals surface area contributed by atoms with Crippen LogP contribution in [0, 0.1) is 13.8 Å². The molecule has 7 heteroatoms. The topological polar surface area (TPSA) is 61.2 Å². The number of carbonyl (C=O) groups is 1. The van der Waals surface area contributed by atoms with Crippen molar-refractivity contribution in [3.05, 3.63) is 68.5 Å². The van der Waals surface area contributed by atoms with Crippen molar-refractivity contribution in [3.63, 3.8) is 0 Å². The first-order chi connectivity index (χ1) is 14.4. The highest BCUT2D eigenvalue weighted by Crippen LogP contribution is 2.24. The lowest BCUT2D eigenvalue weighted by atomic mass is 10.0. The first kappa shape index (κ1) is 21.1. The Balaban J connectivity index is 1.68. The van der Waals surface area contributed by atoms with Gasteiger partial charge in [0.25, 0.3) is 5.56 Å². The third-order valence-electron chi connectivity index (χ3n) is 5.32. The standard InChI is InChI=1S/C23H23ClN2O3S/c1-14-5-6-15(2)19(10-14)21(27)13-30-23-25-20-11-16(24)7-8-18(20)22(28)26(23)12-17-4-3-9-29-17/h5-8,10-11,17H,3-4,9,12-13H2,1-2H3/t17-/m0/s1. The number of hydrogen-bond acceptors (Lipinski definition) is 5. The van der Waals surface area contributed by atoms with E-state index >= 15 is 0 Å². The molecule has 0 radical (unpaired) electrons. The predicted octanol–water partition coefficient (Wildman–Crippen LogP) is 4.82. The van der Waals surface area contributed by atoms with Crippen LogP contribution in [0.15, 0.2) is 46.3 Å². The molecule has 3 aromatic rings. The number of benzene rings is 2. The van der Waals surface area contributed by atoms with Gasteiger partial charge in [-0.15, -0.1) is 0 Å². The third-order valence-corrected chi connectivity index (χ3v) is 6.53. The van der Waals surface area contributed by atoms with Crippen LogP contribution in [0.4, 0.5) is 0 Å². The maximum Gasteiger partial charge on any atom is 0.262 e. The number of aryl methyl sites for hydroxylation is 2. The molecule has 1 aromatic heterocycles. The van der Waals surface area contributed by atoms with E-state index in [4.69, 9.17) is 16.3 Å². The first-order valence-corrected chi connectivity index (χ1v) is 11.3. The van der Waals surface area contributed by atoms with E-state index in [0.29, 0.717) is 39.8 Å². The SMILES string of the molecule is Cc1ccc(C)c(C(=O)CSc2nc3cc(Cl)ccc3c(=O)n2C[C@@H]2CCCO2)c1. The van der Waals surface area contributed by atoms with Crippen LogP contribution in [0.2, 0.25) is 5.02 Å². The Morgan fingerprint density at radius 3 is 2.87 bits per heavy atom. The van der Waals surface area contributed by atoms with Gasteiger partial charge in [-0.25, -0.2) is 4.98 Å². The minimum Gasteiger partial charge on any atom is -0.376 e. The van der Waals surface area contributed by atoms with Gasteiger partial charge < -0.3 is 4.74 Å². The van der Waals surface area contributed by atoms with Crippen LogP contribution in [-0.4, -0.2) is 33.8 Å². The number of ketones is 1. The second-order valence-corrected chi connectivity index (χ2v) is 9.02. The minimum atomic E-state index is -0.131. The lowest BCUT2D eigenvalue weighted by Gasteiger charge is -2.16. The normalized spacial score (nSPS) is 16.3. The molecular weight excluding hydrogens is 420 g/mol. The highest BCUT2D eigenvalue weighted by Gasteiger charge is 2.21. The van der Waals surface area contributed by atoms with Crippen LogP contribution in [0.1, 0.15) is 34.3 Å². The fourth-order valence-corrected chi connectivity index (χ4v) is 4.74. The molecule has 0 saturated carbocycles. The molecule has 1 aliphatic heterocycles. The van der Waals surface area contributed by atoms with E-state index in [1.807, 2.05) is 32.0 Å². The summed E-state index contributed by atoms with van der Waals surface area (Å²) in [6.45, 7) is 5.05. The van der Waals surface area contributed by atoms with Crippen LogP contribution in [0.25, 0.3) is 10.9 Å². The predicted molar refractivity (Wildman–Crippen MR) is 121 cm³/mol. The molecule has 0 N–H and O–H groups in total. The summed E-state index contributed by atoms with van der Waals surface area (Å²) in [7, 11) is 0. The number of hydrogen-bond donors (Lipinski definition) is 0. The number of aromatic nitrogens is 2. The molecule has 5 nitrogen and oxygen atoms in total. The fourth-order valence-electron chi connectivity index (χ4n) is 3.68. The van der Waals surface area contributed by atoms with Crippen molar-refractivity contribution in [1.29, 1.82) is 0 Å². The Bertz CT molecular complexity index is 1170. The minimum absolute atomic E-state index is 0.0108. The molecule has 0 unspecified atom stereocenters. The van der Waals surface area contributed by atoms with E-state index in [9.17, 15) is 9.59 Å². The molecule has 0 spiro atoms. The van der Waals surface area contributed by atoms with E-state index in [1.54, 1.807) is 22.8 Å². The number of rotatable bonds is 6. The summed E-state index contributed by atoms with van der Waals surface area (Å²) in [5.41, 5.74) is 3.11. The Morgan fingerprint density at radius 2 is 2.10 bits per heavy atom. The molecule has 1 fully saturated rings. The van der Waals surface area contributed by atoms with Crippen molar-refractivity contribution < 1.29 is 9.53 Å². The quantitative estimate of drug-likeness (QED) is 0.311. The highest BCUT2D eigenvalue weighted by atomic mass is 35.5. The van der Waals surface area contributed by atoms with Crippen LogP contribution in [0.5, 0.6) is 0 Å². The fraction of sp³-hybridized carbons (Fsp3) is 0.348. The molecule has 1 aliphatic rings. The smallest absolute Gasteiger partial charge is 0.262 e. The zero-order valence-corrected chi connectivity index (χ0v) is 18.6. The number of Topliss-reactive ketones (excluding diaryl/α,β-unsaturated/α-hetero) is 1. The summed E-state index contributed by atoms with van der Waals surface area (Å²) in [4.78, 5) is 30.7. The highest BCUT2D eigenvalue weighted by molar-refractivity contribution is 7.99. The monoisotopic (exact) mass is 442 g/mol. The molecule has 1 saturated heterocycles. The Hall–Kier alpha value is -2.15. The van der Waals surface area contributed by atoms with Crippen LogP contribution < -0.4 is 5.56 Å². The van der Waals surface area contributed by atoms with Gasteiger partial charge in [-0.05, 0) is 56.5 Å². The number of thioether (sulfide) groups is 1. The summed E-state index contributed by atoms with van der Waals surface area (Å²) in [6, 6.07) is 10.9. The van der Waals surface area contributed by atoms with E-state index in [-0.39, 0.29) is 23.2 Å². The van der Waals surface area contributed by atoms with Gasteiger partial charge in [0.05, 0.1) is 29.3 Å².